The van der Waals surface area contributed by atoms with Gasteiger partial charge in [0.25, 0.3) is 0 Å². The molecule has 0 aliphatic heterocycles. The maximum absolute atomic E-state index is 13.2. The molecule has 0 aliphatic carbocycles. The fraction of sp³-hybridized carbons (Fsp3) is 0.417. The van der Waals surface area contributed by atoms with Gasteiger partial charge in [0.05, 0.1) is 6.04 Å². The van der Waals surface area contributed by atoms with Gasteiger partial charge in [-0.3, -0.25) is 4.79 Å². The average molecular weight is 227 g/mol. The molecule has 0 bridgehead atoms. The fourth-order valence-corrected chi connectivity index (χ4v) is 1.34. The summed E-state index contributed by atoms with van der Waals surface area (Å²) in [6, 6.07) is 2.57. The quantitative estimate of drug-likeness (QED) is 0.855. The van der Waals surface area contributed by atoms with Crippen LogP contribution in [-0.4, -0.2) is 11.8 Å². The summed E-state index contributed by atoms with van der Waals surface area (Å²) >= 11 is 0. The Labute approximate surface area is 93.5 Å². The van der Waals surface area contributed by atoms with Crippen LogP contribution in [0.2, 0.25) is 0 Å². The maximum atomic E-state index is 13.2. The van der Waals surface area contributed by atoms with Gasteiger partial charge < -0.3 is 5.73 Å². The van der Waals surface area contributed by atoms with E-state index in [2.05, 4.69) is 0 Å². The molecule has 1 aromatic rings. The van der Waals surface area contributed by atoms with Crippen LogP contribution in [0.3, 0.4) is 0 Å². The minimum atomic E-state index is -0.704. The molecule has 0 saturated carbocycles. The van der Waals surface area contributed by atoms with Crippen molar-refractivity contribution >= 4 is 5.78 Å². The topological polar surface area (TPSA) is 43.1 Å². The first kappa shape index (κ1) is 12.8. The van der Waals surface area contributed by atoms with E-state index in [0.29, 0.717) is 0 Å². The number of nitrogens with two attached hydrogens (primary N) is 1. The molecule has 88 valence electrons. The number of ketones is 1. The summed E-state index contributed by atoms with van der Waals surface area (Å²) < 4.78 is 25.9. The van der Waals surface area contributed by atoms with Crippen LogP contribution in [0.25, 0.3) is 0 Å². The lowest BCUT2D eigenvalue weighted by Gasteiger charge is -2.14. The number of rotatable bonds is 4. The van der Waals surface area contributed by atoms with E-state index in [1.165, 1.54) is 6.07 Å². The summed E-state index contributed by atoms with van der Waals surface area (Å²) in [6.07, 6.45) is -0.0918. The van der Waals surface area contributed by atoms with Crippen LogP contribution in [-0.2, 0) is 11.2 Å². The molecule has 0 radical (unpaired) electrons. The number of hydrogen-bond acceptors (Lipinski definition) is 2. The number of halogens is 2. The molecular weight excluding hydrogens is 212 g/mol. The van der Waals surface area contributed by atoms with Gasteiger partial charge in [0.15, 0.2) is 5.78 Å². The normalized spacial score (nSPS) is 12.9. The molecule has 1 unspecified atom stereocenters. The summed E-state index contributed by atoms with van der Waals surface area (Å²) in [7, 11) is 0. The Balaban J connectivity index is 2.77. The van der Waals surface area contributed by atoms with E-state index in [-0.39, 0.29) is 23.7 Å². The monoisotopic (exact) mass is 227 g/mol. The second-order valence-electron chi connectivity index (χ2n) is 4.15. The number of carbonyl (C=O) groups excluding carboxylic acids is 1. The Hall–Kier alpha value is -1.29. The third-order valence-electron chi connectivity index (χ3n) is 2.47. The zero-order valence-electron chi connectivity index (χ0n) is 9.34. The first-order valence-corrected chi connectivity index (χ1v) is 5.14. The molecule has 0 aliphatic rings. The van der Waals surface area contributed by atoms with Gasteiger partial charge in [-0.15, -0.1) is 0 Å². The molecular formula is C12H15F2NO. The smallest absolute Gasteiger partial charge is 0.154 e. The summed E-state index contributed by atoms with van der Waals surface area (Å²) in [5.74, 6) is -1.58. The van der Waals surface area contributed by atoms with Gasteiger partial charge in [-0.05, 0) is 17.5 Å². The van der Waals surface area contributed by atoms with Crippen LogP contribution >= 0.6 is 0 Å². The lowest BCUT2D eigenvalue weighted by molar-refractivity contribution is -0.120. The highest BCUT2D eigenvalue weighted by molar-refractivity contribution is 5.86. The predicted octanol–water partition coefficient (Wildman–Crippen LogP) is 2.06. The molecule has 2 nitrogen and oxygen atoms in total. The molecule has 0 spiro atoms. The Morgan fingerprint density at radius 1 is 1.38 bits per heavy atom. The molecule has 2 N–H and O–H groups in total. The minimum absolute atomic E-state index is 0.0102. The zero-order valence-corrected chi connectivity index (χ0v) is 9.34. The van der Waals surface area contributed by atoms with Crippen molar-refractivity contribution < 1.29 is 13.6 Å². The van der Waals surface area contributed by atoms with Crippen LogP contribution in [0.5, 0.6) is 0 Å². The Morgan fingerprint density at radius 2 is 2.00 bits per heavy atom. The first-order chi connectivity index (χ1) is 7.41. The molecule has 0 saturated heterocycles. The molecule has 16 heavy (non-hydrogen) atoms. The second kappa shape index (κ2) is 5.16. The van der Waals surface area contributed by atoms with Crippen molar-refractivity contribution in [3.05, 3.63) is 35.4 Å². The number of benzene rings is 1. The maximum Gasteiger partial charge on any atom is 0.154 e. The van der Waals surface area contributed by atoms with E-state index in [1.54, 1.807) is 0 Å². The molecule has 0 amide bonds. The van der Waals surface area contributed by atoms with Crippen LogP contribution in [0.15, 0.2) is 18.2 Å². The summed E-state index contributed by atoms with van der Waals surface area (Å²) in [6.45, 7) is 3.65. The summed E-state index contributed by atoms with van der Waals surface area (Å²) in [5.41, 5.74) is 5.82. The molecule has 0 fully saturated rings. The minimum Gasteiger partial charge on any atom is -0.321 e. The van der Waals surface area contributed by atoms with Crippen LogP contribution in [0.4, 0.5) is 8.78 Å². The number of carbonyl (C=O) groups is 1. The lowest BCUT2D eigenvalue weighted by atomic mass is 9.96. The van der Waals surface area contributed by atoms with E-state index in [1.807, 2.05) is 13.8 Å². The zero-order chi connectivity index (χ0) is 12.3. The van der Waals surface area contributed by atoms with Crippen LogP contribution < -0.4 is 5.73 Å². The van der Waals surface area contributed by atoms with Crippen molar-refractivity contribution in [3.63, 3.8) is 0 Å². The van der Waals surface area contributed by atoms with Crippen molar-refractivity contribution in [2.75, 3.05) is 0 Å². The van der Waals surface area contributed by atoms with E-state index in [0.717, 1.165) is 12.1 Å². The molecule has 1 aromatic carbocycles. The van der Waals surface area contributed by atoms with Crippen molar-refractivity contribution in [3.8, 4) is 0 Å². The van der Waals surface area contributed by atoms with E-state index in [9.17, 15) is 13.6 Å². The highest BCUT2D eigenvalue weighted by Crippen LogP contribution is 2.12. The third-order valence-corrected chi connectivity index (χ3v) is 2.47. The highest BCUT2D eigenvalue weighted by Gasteiger charge is 2.18. The van der Waals surface area contributed by atoms with Gasteiger partial charge in [-0.2, -0.15) is 0 Å². The van der Waals surface area contributed by atoms with Gasteiger partial charge in [0.1, 0.15) is 11.6 Å². The largest absolute Gasteiger partial charge is 0.321 e. The molecule has 4 heteroatoms. The standard InChI is InChI=1S/C12H15F2NO/c1-7(2)12(15)11(16)5-8-3-4-9(13)6-10(8)14/h3-4,6-7,12H,5,15H2,1-2H3. The molecule has 0 aromatic heterocycles. The fourth-order valence-electron chi connectivity index (χ4n) is 1.34. The highest BCUT2D eigenvalue weighted by atomic mass is 19.1. The van der Waals surface area contributed by atoms with Crippen molar-refractivity contribution in [2.45, 2.75) is 26.3 Å². The average Bonchev–Trinajstić information content (AvgIpc) is 2.20. The van der Waals surface area contributed by atoms with E-state index >= 15 is 0 Å². The van der Waals surface area contributed by atoms with Crippen LogP contribution in [0.1, 0.15) is 19.4 Å². The van der Waals surface area contributed by atoms with E-state index < -0.39 is 17.7 Å². The van der Waals surface area contributed by atoms with Crippen molar-refractivity contribution in [1.82, 2.24) is 0 Å². The molecule has 0 heterocycles. The van der Waals surface area contributed by atoms with Gasteiger partial charge in [0, 0.05) is 12.5 Å². The van der Waals surface area contributed by atoms with Gasteiger partial charge >= 0.3 is 0 Å². The second-order valence-corrected chi connectivity index (χ2v) is 4.15. The number of hydrogen-bond donors (Lipinski definition) is 1. The Bertz CT molecular complexity index is 391. The van der Waals surface area contributed by atoms with Crippen LogP contribution in [0, 0.1) is 17.6 Å². The van der Waals surface area contributed by atoms with Gasteiger partial charge in [-0.25, -0.2) is 8.78 Å². The summed E-state index contributed by atoms with van der Waals surface area (Å²) in [4.78, 5) is 11.6. The SMILES string of the molecule is CC(C)C(N)C(=O)Cc1ccc(F)cc1F. The van der Waals surface area contributed by atoms with Crippen molar-refractivity contribution in [2.24, 2.45) is 11.7 Å². The van der Waals surface area contributed by atoms with E-state index in [4.69, 9.17) is 5.73 Å². The summed E-state index contributed by atoms with van der Waals surface area (Å²) in [5, 5.41) is 0. The molecule has 1 atom stereocenters. The first-order valence-electron chi connectivity index (χ1n) is 5.14. The van der Waals surface area contributed by atoms with Gasteiger partial charge in [0.2, 0.25) is 0 Å². The van der Waals surface area contributed by atoms with Crippen molar-refractivity contribution in [1.29, 1.82) is 0 Å². The van der Waals surface area contributed by atoms with Gasteiger partial charge in [-0.1, -0.05) is 19.9 Å². The Morgan fingerprint density at radius 3 is 2.50 bits per heavy atom. The molecule has 1 rings (SSSR count). The number of Topliss-reactive ketones (excluding diaryl/α,β-unsaturated/α-hetero) is 1. The Kier molecular flexibility index (Phi) is 4.12. The lowest BCUT2D eigenvalue weighted by Crippen LogP contribution is -2.36. The third kappa shape index (κ3) is 3.10. The predicted molar refractivity (Wildman–Crippen MR) is 57.9 cm³/mol.